The monoisotopic (exact) mass is 268 g/mol. The van der Waals surface area contributed by atoms with Crippen LogP contribution in [0.25, 0.3) is 0 Å². The van der Waals surface area contributed by atoms with E-state index in [0.29, 0.717) is 0 Å². The van der Waals surface area contributed by atoms with Gasteiger partial charge in [-0.3, -0.25) is 4.79 Å². The first-order chi connectivity index (χ1) is 8.19. The quantitative estimate of drug-likeness (QED) is 0.866. The van der Waals surface area contributed by atoms with E-state index in [1.165, 1.54) is 7.11 Å². The number of nitrogens with zero attached hydrogens (tertiary/aromatic N) is 1. The number of methoxy groups -OCH3 is 1. The van der Waals surface area contributed by atoms with Gasteiger partial charge >= 0.3 is 5.97 Å². The van der Waals surface area contributed by atoms with E-state index in [-0.39, 0.29) is 12.4 Å². The normalized spacial score (nSPS) is 10.2. The predicted octanol–water partition coefficient (Wildman–Crippen LogP) is 2.97. The third-order valence-electron chi connectivity index (χ3n) is 2.18. The molecule has 90 valence electrons. The third-order valence-corrected chi connectivity index (χ3v) is 3.90. The molecule has 0 amide bonds. The number of thiophene rings is 1. The molecule has 0 saturated heterocycles. The first kappa shape index (κ1) is 12.1. The van der Waals surface area contributed by atoms with E-state index in [9.17, 15) is 4.79 Å². The fraction of sp³-hybridized carbons (Fsp3) is 0.273. The average Bonchev–Trinajstić information content (AvgIpc) is 2.90. The molecule has 0 atom stereocenters. The summed E-state index contributed by atoms with van der Waals surface area (Å²) in [5, 5.41) is 7.06. The third kappa shape index (κ3) is 3.04. The number of esters is 1. The number of carbonyl (C=O) groups is 1. The summed E-state index contributed by atoms with van der Waals surface area (Å²) in [6, 6.07) is 3.96. The number of nitrogens with one attached hydrogen (secondary N) is 1. The van der Waals surface area contributed by atoms with Crippen molar-refractivity contribution >= 4 is 38.8 Å². The summed E-state index contributed by atoms with van der Waals surface area (Å²) in [6.45, 7) is 1.95. The number of aryl methyl sites for hydroxylation is 1. The molecule has 0 radical (unpaired) electrons. The van der Waals surface area contributed by atoms with Crippen LogP contribution >= 0.6 is 22.7 Å². The maximum Gasteiger partial charge on any atom is 0.311 e. The number of anilines is 2. The molecule has 0 unspecified atom stereocenters. The Labute approximate surface area is 107 Å². The molecule has 0 aliphatic carbocycles. The van der Waals surface area contributed by atoms with E-state index in [1.807, 2.05) is 24.4 Å². The number of hydrogen-bond acceptors (Lipinski definition) is 6. The van der Waals surface area contributed by atoms with Crippen LogP contribution in [0, 0.1) is 6.92 Å². The zero-order valence-electron chi connectivity index (χ0n) is 9.52. The average molecular weight is 268 g/mol. The minimum absolute atomic E-state index is 0.227. The van der Waals surface area contributed by atoms with Crippen molar-refractivity contribution in [1.82, 2.24) is 4.98 Å². The Morgan fingerprint density at radius 2 is 2.41 bits per heavy atom. The molecule has 0 saturated carbocycles. The van der Waals surface area contributed by atoms with Crippen LogP contribution in [0.1, 0.15) is 10.6 Å². The molecular weight excluding hydrogens is 256 g/mol. The first-order valence-corrected chi connectivity index (χ1v) is 6.72. The molecular formula is C11H12N2O2S2. The molecule has 0 bridgehead atoms. The van der Waals surface area contributed by atoms with Crippen molar-refractivity contribution in [2.45, 2.75) is 13.3 Å². The van der Waals surface area contributed by atoms with Crippen molar-refractivity contribution in [3.05, 3.63) is 28.1 Å². The summed E-state index contributed by atoms with van der Waals surface area (Å²) in [5.41, 5.74) is 0.779. The Morgan fingerprint density at radius 3 is 3.06 bits per heavy atom. The molecule has 0 fully saturated rings. The van der Waals surface area contributed by atoms with Crippen molar-refractivity contribution in [3.8, 4) is 0 Å². The minimum Gasteiger partial charge on any atom is -0.469 e. The van der Waals surface area contributed by atoms with Crippen LogP contribution in [0.15, 0.2) is 17.5 Å². The summed E-state index contributed by atoms with van der Waals surface area (Å²) < 4.78 is 4.63. The molecule has 2 heterocycles. The highest BCUT2D eigenvalue weighted by molar-refractivity contribution is 7.17. The van der Waals surface area contributed by atoms with Crippen molar-refractivity contribution in [2.75, 3.05) is 12.4 Å². The molecule has 0 spiro atoms. The number of hydrogen-bond donors (Lipinski definition) is 1. The van der Waals surface area contributed by atoms with E-state index in [0.717, 1.165) is 20.7 Å². The molecule has 1 N–H and O–H groups in total. The standard InChI is InChI=1S/C11H12N2O2S2/c1-7-8(6-10(14)15-2)12-11(17-7)13-9-4-3-5-16-9/h3-5H,6H2,1-2H3,(H,12,13). The first-order valence-electron chi connectivity index (χ1n) is 5.02. The molecule has 2 aromatic heterocycles. The number of thiazole rings is 1. The van der Waals surface area contributed by atoms with Gasteiger partial charge < -0.3 is 10.1 Å². The van der Waals surface area contributed by atoms with Crippen LogP contribution in [0.5, 0.6) is 0 Å². The van der Waals surface area contributed by atoms with Crippen molar-refractivity contribution in [2.24, 2.45) is 0 Å². The highest BCUT2D eigenvalue weighted by Crippen LogP contribution is 2.27. The summed E-state index contributed by atoms with van der Waals surface area (Å²) in [4.78, 5) is 16.6. The fourth-order valence-corrected chi connectivity index (χ4v) is 2.83. The second-order valence-corrected chi connectivity index (χ2v) is 5.53. The molecule has 0 aromatic carbocycles. The predicted molar refractivity (Wildman–Crippen MR) is 70.2 cm³/mol. The van der Waals surface area contributed by atoms with Gasteiger partial charge in [-0.2, -0.15) is 0 Å². The second kappa shape index (κ2) is 5.29. The molecule has 0 aliphatic heterocycles. The summed E-state index contributed by atoms with van der Waals surface area (Å²) in [6.07, 6.45) is 0.227. The van der Waals surface area contributed by atoms with Gasteiger partial charge in [0, 0.05) is 4.88 Å². The van der Waals surface area contributed by atoms with Crippen molar-refractivity contribution < 1.29 is 9.53 Å². The minimum atomic E-state index is -0.263. The van der Waals surface area contributed by atoms with E-state index in [2.05, 4.69) is 15.0 Å². The Balaban J connectivity index is 2.10. The maximum absolute atomic E-state index is 11.2. The molecule has 0 aliphatic rings. The highest BCUT2D eigenvalue weighted by Gasteiger charge is 2.12. The fourth-order valence-electron chi connectivity index (χ4n) is 1.31. The van der Waals surface area contributed by atoms with E-state index < -0.39 is 0 Å². The van der Waals surface area contributed by atoms with Gasteiger partial charge in [-0.25, -0.2) is 4.98 Å². The van der Waals surface area contributed by atoms with E-state index in [4.69, 9.17) is 0 Å². The van der Waals surface area contributed by atoms with Gasteiger partial charge in [0.15, 0.2) is 5.13 Å². The van der Waals surface area contributed by atoms with E-state index >= 15 is 0 Å². The number of ether oxygens (including phenoxy) is 1. The maximum atomic E-state index is 11.2. The zero-order chi connectivity index (χ0) is 12.3. The Bertz CT molecular complexity index is 506. The van der Waals surface area contributed by atoms with Gasteiger partial charge in [0.2, 0.25) is 0 Å². The summed E-state index contributed by atoms with van der Waals surface area (Å²) in [7, 11) is 1.38. The topological polar surface area (TPSA) is 51.2 Å². The molecule has 2 rings (SSSR count). The van der Waals surface area contributed by atoms with Gasteiger partial charge in [0.25, 0.3) is 0 Å². The van der Waals surface area contributed by atoms with Crippen LogP contribution in [0.3, 0.4) is 0 Å². The van der Waals surface area contributed by atoms with Crippen molar-refractivity contribution in [3.63, 3.8) is 0 Å². The van der Waals surface area contributed by atoms with Gasteiger partial charge in [0.05, 0.1) is 24.2 Å². The largest absolute Gasteiger partial charge is 0.469 e. The number of rotatable bonds is 4. The van der Waals surface area contributed by atoms with Crippen LogP contribution in [0.2, 0.25) is 0 Å². The lowest BCUT2D eigenvalue weighted by Gasteiger charge is -1.97. The van der Waals surface area contributed by atoms with Gasteiger partial charge in [0.1, 0.15) is 0 Å². The number of carbonyl (C=O) groups excluding carboxylic acids is 1. The number of aromatic nitrogens is 1. The summed E-state index contributed by atoms with van der Waals surface area (Å²) >= 11 is 3.16. The Morgan fingerprint density at radius 1 is 1.59 bits per heavy atom. The van der Waals surface area contributed by atoms with Crippen molar-refractivity contribution in [1.29, 1.82) is 0 Å². The van der Waals surface area contributed by atoms with Gasteiger partial charge in [-0.05, 0) is 24.4 Å². The molecule has 2 aromatic rings. The van der Waals surface area contributed by atoms with Crippen LogP contribution in [-0.2, 0) is 16.0 Å². The zero-order valence-corrected chi connectivity index (χ0v) is 11.2. The van der Waals surface area contributed by atoms with Crippen LogP contribution < -0.4 is 5.32 Å². The van der Waals surface area contributed by atoms with Crippen LogP contribution in [-0.4, -0.2) is 18.1 Å². The van der Waals surface area contributed by atoms with Gasteiger partial charge in [-0.15, -0.1) is 22.7 Å². The summed E-state index contributed by atoms with van der Waals surface area (Å²) in [5.74, 6) is -0.263. The van der Waals surface area contributed by atoms with Gasteiger partial charge in [-0.1, -0.05) is 0 Å². The molecule has 6 heteroatoms. The lowest BCUT2D eigenvalue weighted by Crippen LogP contribution is -2.05. The highest BCUT2D eigenvalue weighted by atomic mass is 32.1. The molecule has 17 heavy (non-hydrogen) atoms. The smallest absolute Gasteiger partial charge is 0.311 e. The second-order valence-electron chi connectivity index (χ2n) is 3.38. The lowest BCUT2D eigenvalue weighted by molar-refractivity contribution is -0.139. The Kier molecular flexibility index (Phi) is 3.75. The van der Waals surface area contributed by atoms with E-state index in [1.54, 1.807) is 22.7 Å². The Hall–Kier alpha value is -1.40. The van der Waals surface area contributed by atoms with Crippen LogP contribution in [0.4, 0.5) is 10.1 Å². The lowest BCUT2D eigenvalue weighted by atomic mass is 10.3. The molecule has 4 nitrogen and oxygen atoms in total. The SMILES string of the molecule is COC(=O)Cc1nc(Nc2cccs2)sc1C.